The van der Waals surface area contributed by atoms with Gasteiger partial charge in [0.1, 0.15) is 0 Å². The van der Waals surface area contributed by atoms with Gasteiger partial charge < -0.3 is 5.32 Å². The van der Waals surface area contributed by atoms with Gasteiger partial charge in [-0.05, 0) is 25.1 Å². The predicted molar refractivity (Wildman–Crippen MR) is 69.2 cm³/mol. The highest BCUT2D eigenvalue weighted by Gasteiger charge is 2.09. The smallest absolute Gasteiger partial charge is 0.251 e. The lowest BCUT2D eigenvalue weighted by Crippen LogP contribution is -2.25. The Labute approximate surface area is 113 Å². The summed E-state index contributed by atoms with van der Waals surface area (Å²) in [6.45, 7) is 2.34. The first kappa shape index (κ1) is 13.6. The summed E-state index contributed by atoms with van der Waals surface area (Å²) in [5.74, 6) is -2.40. The Morgan fingerprint density at radius 1 is 1.37 bits per heavy atom. The molecule has 19 heavy (non-hydrogen) atoms. The number of rotatable bonds is 4. The minimum atomic E-state index is -1.02. The molecule has 1 N–H and O–H groups in total. The molecule has 0 unspecified atom stereocenters. The van der Waals surface area contributed by atoms with Crippen LogP contribution in [-0.4, -0.2) is 17.4 Å². The maximum Gasteiger partial charge on any atom is 0.251 e. The van der Waals surface area contributed by atoms with Crippen molar-refractivity contribution < 1.29 is 13.6 Å². The van der Waals surface area contributed by atoms with Gasteiger partial charge in [-0.25, -0.2) is 13.8 Å². The number of carbonyl (C=O) groups is 1. The number of hydrogen-bond donors (Lipinski definition) is 1. The molecule has 0 saturated carbocycles. The van der Waals surface area contributed by atoms with Gasteiger partial charge in [-0.2, -0.15) is 0 Å². The van der Waals surface area contributed by atoms with E-state index in [9.17, 15) is 13.6 Å². The van der Waals surface area contributed by atoms with Gasteiger partial charge in [-0.15, -0.1) is 11.3 Å². The van der Waals surface area contributed by atoms with Gasteiger partial charge in [0.2, 0.25) is 0 Å². The summed E-state index contributed by atoms with van der Waals surface area (Å²) in [4.78, 5) is 16.9. The molecule has 0 fully saturated rings. The number of aryl methyl sites for hydroxylation is 1. The number of aromatic nitrogens is 1. The number of carbonyl (C=O) groups excluding carboxylic acids is 1. The number of halogens is 2. The van der Waals surface area contributed by atoms with E-state index in [1.807, 2.05) is 6.92 Å². The van der Waals surface area contributed by atoms with E-state index in [1.54, 1.807) is 17.5 Å². The second-order valence-electron chi connectivity index (χ2n) is 3.98. The lowest BCUT2D eigenvalue weighted by Gasteiger charge is -2.04. The molecule has 0 spiro atoms. The Bertz CT molecular complexity index is 598. The first-order chi connectivity index (χ1) is 9.06. The van der Waals surface area contributed by atoms with Crippen molar-refractivity contribution in [1.29, 1.82) is 0 Å². The highest BCUT2D eigenvalue weighted by molar-refractivity contribution is 7.11. The molecule has 1 heterocycles. The van der Waals surface area contributed by atoms with E-state index in [1.165, 1.54) is 6.07 Å². The van der Waals surface area contributed by atoms with Crippen molar-refractivity contribution in [3.05, 3.63) is 51.5 Å². The topological polar surface area (TPSA) is 42.0 Å². The second-order valence-corrected chi connectivity index (χ2v) is 5.30. The Balaban J connectivity index is 1.89. The quantitative estimate of drug-likeness (QED) is 0.937. The standard InChI is InChI=1S/C13H12F2N2OS/c1-8-17-7-10(19-8)4-5-16-13(18)9-2-3-11(14)12(15)6-9/h2-3,6-7H,4-5H2,1H3,(H,16,18). The molecule has 0 aliphatic heterocycles. The lowest BCUT2D eigenvalue weighted by atomic mass is 10.2. The summed E-state index contributed by atoms with van der Waals surface area (Å²) in [6.07, 6.45) is 2.44. The van der Waals surface area contributed by atoms with Crippen LogP contribution < -0.4 is 5.32 Å². The van der Waals surface area contributed by atoms with Crippen LogP contribution in [0.2, 0.25) is 0 Å². The largest absolute Gasteiger partial charge is 0.352 e. The van der Waals surface area contributed by atoms with E-state index in [-0.39, 0.29) is 5.56 Å². The number of nitrogens with zero attached hydrogens (tertiary/aromatic N) is 1. The molecule has 0 atom stereocenters. The average Bonchev–Trinajstić information content (AvgIpc) is 2.78. The minimum absolute atomic E-state index is 0.111. The number of amides is 1. The van der Waals surface area contributed by atoms with E-state index in [0.717, 1.165) is 22.0 Å². The third-order valence-corrected chi connectivity index (χ3v) is 3.48. The number of hydrogen-bond acceptors (Lipinski definition) is 3. The third-order valence-electron chi connectivity index (χ3n) is 2.51. The fourth-order valence-corrected chi connectivity index (χ4v) is 2.35. The molecule has 0 radical (unpaired) electrons. The molecule has 1 amide bonds. The fourth-order valence-electron chi connectivity index (χ4n) is 1.56. The van der Waals surface area contributed by atoms with Crippen molar-refractivity contribution in [2.45, 2.75) is 13.3 Å². The molecule has 1 aromatic carbocycles. The van der Waals surface area contributed by atoms with Crippen LogP contribution in [0.1, 0.15) is 20.2 Å². The van der Waals surface area contributed by atoms with Crippen LogP contribution in [0, 0.1) is 18.6 Å². The second kappa shape index (κ2) is 5.88. The average molecular weight is 282 g/mol. The molecule has 1 aromatic heterocycles. The zero-order valence-corrected chi connectivity index (χ0v) is 11.1. The highest BCUT2D eigenvalue weighted by atomic mass is 32.1. The first-order valence-electron chi connectivity index (χ1n) is 5.71. The Morgan fingerprint density at radius 3 is 2.79 bits per heavy atom. The highest BCUT2D eigenvalue weighted by Crippen LogP contribution is 2.12. The van der Waals surface area contributed by atoms with E-state index in [2.05, 4.69) is 10.3 Å². The summed E-state index contributed by atoms with van der Waals surface area (Å²) in [5, 5.41) is 3.63. The normalized spacial score (nSPS) is 10.5. The van der Waals surface area contributed by atoms with E-state index in [4.69, 9.17) is 0 Å². The molecular formula is C13H12F2N2OS. The summed E-state index contributed by atoms with van der Waals surface area (Å²) in [7, 11) is 0. The maximum atomic E-state index is 13.0. The van der Waals surface area contributed by atoms with E-state index in [0.29, 0.717) is 13.0 Å². The summed E-state index contributed by atoms with van der Waals surface area (Å²) < 4.78 is 25.7. The molecule has 0 saturated heterocycles. The molecule has 2 rings (SSSR count). The van der Waals surface area contributed by atoms with Crippen LogP contribution in [0.15, 0.2) is 24.4 Å². The molecular weight excluding hydrogens is 270 g/mol. The van der Waals surface area contributed by atoms with Gasteiger partial charge in [0, 0.05) is 29.6 Å². The summed E-state index contributed by atoms with van der Waals surface area (Å²) in [6, 6.07) is 3.09. The van der Waals surface area contributed by atoms with Crippen LogP contribution in [0.4, 0.5) is 8.78 Å². The van der Waals surface area contributed by atoms with Crippen LogP contribution >= 0.6 is 11.3 Å². The van der Waals surface area contributed by atoms with Crippen LogP contribution in [-0.2, 0) is 6.42 Å². The van der Waals surface area contributed by atoms with Crippen molar-refractivity contribution >= 4 is 17.2 Å². The Kier molecular flexibility index (Phi) is 4.21. The molecule has 0 aliphatic rings. The van der Waals surface area contributed by atoms with Gasteiger partial charge in [-0.1, -0.05) is 0 Å². The number of benzene rings is 1. The molecule has 2 aromatic rings. The number of thiazole rings is 1. The van der Waals surface area contributed by atoms with Crippen molar-refractivity contribution in [3.8, 4) is 0 Å². The summed E-state index contributed by atoms with van der Waals surface area (Å²) in [5.41, 5.74) is 0.111. The molecule has 3 nitrogen and oxygen atoms in total. The number of nitrogens with one attached hydrogen (secondary N) is 1. The van der Waals surface area contributed by atoms with E-state index < -0.39 is 17.5 Å². The van der Waals surface area contributed by atoms with E-state index >= 15 is 0 Å². The zero-order valence-electron chi connectivity index (χ0n) is 10.2. The Morgan fingerprint density at radius 2 is 2.16 bits per heavy atom. The van der Waals surface area contributed by atoms with Crippen molar-refractivity contribution in [2.24, 2.45) is 0 Å². The fraction of sp³-hybridized carbons (Fsp3) is 0.231. The molecule has 6 heteroatoms. The van der Waals surface area contributed by atoms with Crippen LogP contribution in [0.25, 0.3) is 0 Å². The molecule has 100 valence electrons. The Hall–Kier alpha value is -1.82. The SMILES string of the molecule is Cc1ncc(CCNC(=O)c2ccc(F)c(F)c2)s1. The van der Waals surface area contributed by atoms with Gasteiger partial charge >= 0.3 is 0 Å². The molecule has 0 bridgehead atoms. The zero-order chi connectivity index (χ0) is 13.8. The van der Waals surface area contributed by atoms with Crippen LogP contribution in [0.5, 0.6) is 0 Å². The predicted octanol–water partition coefficient (Wildman–Crippen LogP) is 2.70. The van der Waals surface area contributed by atoms with Gasteiger partial charge in [0.15, 0.2) is 11.6 Å². The third kappa shape index (κ3) is 3.57. The summed E-state index contributed by atoms with van der Waals surface area (Å²) >= 11 is 1.57. The van der Waals surface area contributed by atoms with Gasteiger partial charge in [0.05, 0.1) is 5.01 Å². The van der Waals surface area contributed by atoms with Gasteiger partial charge in [0.25, 0.3) is 5.91 Å². The van der Waals surface area contributed by atoms with Crippen molar-refractivity contribution in [1.82, 2.24) is 10.3 Å². The lowest BCUT2D eigenvalue weighted by molar-refractivity contribution is 0.0953. The maximum absolute atomic E-state index is 13.0. The van der Waals surface area contributed by atoms with Crippen molar-refractivity contribution in [3.63, 3.8) is 0 Å². The van der Waals surface area contributed by atoms with Gasteiger partial charge in [-0.3, -0.25) is 4.79 Å². The van der Waals surface area contributed by atoms with Crippen molar-refractivity contribution in [2.75, 3.05) is 6.54 Å². The van der Waals surface area contributed by atoms with Crippen LogP contribution in [0.3, 0.4) is 0 Å². The minimum Gasteiger partial charge on any atom is -0.352 e. The monoisotopic (exact) mass is 282 g/mol. The molecule has 0 aliphatic carbocycles. The first-order valence-corrected chi connectivity index (χ1v) is 6.52.